The Morgan fingerprint density at radius 3 is 2.53 bits per heavy atom. The predicted molar refractivity (Wildman–Crippen MR) is 72.3 cm³/mol. The van der Waals surface area contributed by atoms with Gasteiger partial charge < -0.3 is 4.90 Å². The zero-order valence-electron chi connectivity index (χ0n) is 11.1. The van der Waals surface area contributed by atoms with E-state index in [1.807, 2.05) is 24.9 Å². The van der Waals surface area contributed by atoms with Gasteiger partial charge in [0.2, 0.25) is 0 Å². The molecule has 0 saturated carbocycles. The van der Waals surface area contributed by atoms with Crippen LogP contribution in [0.25, 0.3) is 0 Å². The summed E-state index contributed by atoms with van der Waals surface area (Å²) < 4.78 is 13.6. The average Bonchev–Trinajstić information content (AvgIpc) is 2.30. The molecule has 0 N–H and O–H groups in total. The number of rotatable bonds is 5. The molecule has 0 radical (unpaired) electrons. The fourth-order valence-corrected chi connectivity index (χ4v) is 1.81. The molecular formula is C15H22FN. The Balaban J connectivity index is 2.63. The van der Waals surface area contributed by atoms with Gasteiger partial charge in [-0.3, -0.25) is 0 Å². The van der Waals surface area contributed by atoms with Crippen LogP contribution in [0.4, 0.5) is 4.39 Å². The third kappa shape index (κ3) is 3.58. The van der Waals surface area contributed by atoms with E-state index < -0.39 is 0 Å². The summed E-state index contributed by atoms with van der Waals surface area (Å²) >= 11 is 0. The smallest absolute Gasteiger partial charge is 0.123 e. The van der Waals surface area contributed by atoms with Crippen LogP contribution in [0.15, 0.2) is 48.0 Å². The zero-order chi connectivity index (χ0) is 13.0. The average molecular weight is 235 g/mol. The second-order valence-corrected chi connectivity index (χ2v) is 4.77. The molecule has 94 valence electrons. The van der Waals surface area contributed by atoms with E-state index in [0.29, 0.717) is 6.54 Å². The van der Waals surface area contributed by atoms with Crippen LogP contribution in [0.1, 0.15) is 26.7 Å². The van der Waals surface area contributed by atoms with E-state index in [1.165, 1.54) is 0 Å². The molecular weight excluding hydrogens is 213 g/mol. The molecule has 1 unspecified atom stereocenters. The Hall–Kier alpha value is -1.31. The number of halogens is 1. The van der Waals surface area contributed by atoms with Crippen molar-refractivity contribution in [2.75, 3.05) is 13.6 Å². The molecule has 0 aromatic carbocycles. The molecule has 17 heavy (non-hydrogen) atoms. The minimum atomic E-state index is -0.0844. The van der Waals surface area contributed by atoms with Crippen molar-refractivity contribution in [3.8, 4) is 0 Å². The SMILES string of the molecule is C=C(C)C(C)C(=C)N(C)CC1=CCCC=C1F. The quantitative estimate of drug-likeness (QED) is 0.645. The van der Waals surface area contributed by atoms with Crippen LogP contribution in [0.2, 0.25) is 0 Å². The molecule has 0 aromatic heterocycles. The maximum Gasteiger partial charge on any atom is 0.123 e. The summed E-state index contributed by atoms with van der Waals surface area (Å²) in [7, 11) is 1.95. The van der Waals surface area contributed by atoms with Gasteiger partial charge in [-0.2, -0.15) is 0 Å². The molecule has 1 aliphatic rings. The summed E-state index contributed by atoms with van der Waals surface area (Å²) in [5.74, 6) is 0.148. The van der Waals surface area contributed by atoms with Gasteiger partial charge >= 0.3 is 0 Å². The van der Waals surface area contributed by atoms with Crippen molar-refractivity contribution in [3.05, 3.63) is 48.0 Å². The highest BCUT2D eigenvalue weighted by Crippen LogP contribution is 2.24. The summed E-state index contributed by atoms with van der Waals surface area (Å²) in [6.45, 7) is 12.6. The standard InChI is InChI=1S/C15H22FN/c1-11(2)12(3)13(4)17(5)10-14-8-6-7-9-15(14)16/h8-9,12H,1,4,6-7,10H2,2-3,5H3. The van der Waals surface area contributed by atoms with Gasteiger partial charge in [-0.05, 0) is 25.8 Å². The van der Waals surface area contributed by atoms with Crippen LogP contribution in [-0.4, -0.2) is 18.5 Å². The van der Waals surface area contributed by atoms with Crippen LogP contribution >= 0.6 is 0 Å². The van der Waals surface area contributed by atoms with Crippen LogP contribution in [-0.2, 0) is 0 Å². The highest BCUT2D eigenvalue weighted by molar-refractivity contribution is 5.30. The van der Waals surface area contributed by atoms with E-state index in [0.717, 1.165) is 29.7 Å². The van der Waals surface area contributed by atoms with Gasteiger partial charge in [0.05, 0.1) is 0 Å². The lowest BCUT2D eigenvalue weighted by molar-refractivity contribution is 0.405. The monoisotopic (exact) mass is 235 g/mol. The lowest BCUT2D eigenvalue weighted by Gasteiger charge is -2.28. The molecule has 0 aliphatic heterocycles. The number of allylic oxidation sites excluding steroid dienone is 3. The van der Waals surface area contributed by atoms with Crippen molar-refractivity contribution in [1.82, 2.24) is 4.90 Å². The fraction of sp³-hybridized carbons (Fsp3) is 0.467. The first kappa shape index (κ1) is 13.8. The lowest BCUT2D eigenvalue weighted by atomic mass is 9.99. The third-order valence-corrected chi connectivity index (χ3v) is 3.32. The third-order valence-electron chi connectivity index (χ3n) is 3.32. The first-order chi connectivity index (χ1) is 7.93. The number of hydrogen-bond acceptors (Lipinski definition) is 1. The van der Waals surface area contributed by atoms with Crippen molar-refractivity contribution < 1.29 is 4.39 Å². The second-order valence-electron chi connectivity index (χ2n) is 4.77. The van der Waals surface area contributed by atoms with Crippen LogP contribution in [0.5, 0.6) is 0 Å². The van der Waals surface area contributed by atoms with Gasteiger partial charge in [0.1, 0.15) is 5.83 Å². The first-order valence-corrected chi connectivity index (χ1v) is 6.04. The molecule has 1 nitrogen and oxygen atoms in total. The van der Waals surface area contributed by atoms with E-state index >= 15 is 0 Å². The molecule has 0 heterocycles. The summed E-state index contributed by atoms with van der Waals surface area (Å²) in [5, 5.41) is 0. The van der Waals surface area contributed by atoms with Gasteiger partial charge in [0.15, 0.2) is 0 Å². The Kier molecular flexibility index (Phi) is 4.73. The largest absolute Gasteiger partial charge is 0.373 e. The molecule has 0 saturated heterocycles. The minimum Gasteiger partial charge on any atom is -0.373 e. The van der Waals surface area contributed by atoms with Crippen molar-refractivity contribution in [2.45, 2.75) is 26.7 Å². The van der Waals surface area contributed by atoms with Gasteiger partial charge in [-0.15, -0.1) is 0 Å². The summed E-state index contributed by atoms with van der Waals surface area (Å²) in [6.07, 6.45) is 5.37. The van der Waals surface area contributed by atoms with E-state index in [4.69, 9.17) is 0 Å². The van der Waals surface area contributed by atoms with Crippen LogP contribution < -0.4 is 0 Å². The highest BCUT2D eigenvalue weighted by Gasteiger charge is 2.15. The molecule has 1 rings (SSSR count). The van der Waals surface area contributed by atoms with E-state index in [1.54, 1.807) is 6.08 Å². The lowest BCUT2D eigenvalue weighted by Crippen LogP contribution is -2.24. The summed E-state index contributed by atoms with van der Waals surface area (Å²) in [4.78, 5) is 2.00. The number of hydrogen-bond donors (Lipinski definition) is 0. The summed E-state index contributed by atoms with van der Waals surface area (Å²) in [6, 6.07) is 0. The maximum atomic E-state index is 13.6. The molecule has 0 amide bonds. The fourth-order valence-electron chi connectivity index (χ4n) is 1.81. The highest BCUT2D eigenvalue weighted by atomic mass is 19.1. The zero-order valence-corrected chi connectivity index (χ0v) is 11.1. The van der Waals surface area contributed by atoms with Gasteiger partial charge in [-0.25, -0.2) is 4.39 Å². The minimum absolute atomic E-state index is 0.0844. The predicted octanol–water partition coefficient (Wildman–Crippen LogP) is 4.22. The Morgan fingerprint density at radius 2 is 2.00 bits per heavy atom. The number of nitrogens with zero attached hydrogens (tertiary/aromatic N) is 1. The second kappa shape index (κ2) is 5.85. The van der Waals surface area contributed by atoms with E-state index in [9.17, 15) is 4.39 Å². The molecule has 0 bridgehead atoms. The van der Waals surface area contributed by atoms with Crippen LogP contribution in [0.3, 0.4) is 0 Å². The Labute approximate surface area is 104 Å². The topological polar surface area (TPSA) is 3.24 Å². The molecule has 0 spiro atoms. The molecule has 1 atom stereocenters. The van der Waals surface area contributed by atoms with Crippen molar-refractivity contribution in [1.29, 1.82) is 0 Å². The molecule has 0 aromatic rings. The van der Waals surface area contributed by atoms with Crippen molar-refractivity contribution in [3.63, 3.8) is 0 Å². The van der Waals surface area contributed by atoms with Crippen LogP contribution in [0, 0.1) is 5.92 Å². The normalized spacial score (nSPS) is 16.9. The Bertz CT molecular complexity index is 376. The summed E-state index contributed by atoms with van der Waals surface area (Å²) in [5.41, 5.74) is 2.83. The van der Waals surface area contributed by atoms with E-state index in [2.05, 4.69) is 20.1 Å². The van der Waals surface area contributed by atoms with Gasteiger partial charge in [0.25, 0.3) is 0 Å². The van der Waals surface area contributed by atoms with Gasteiger partial charge in [0, 0.05) is 30.8 Å². The molecule has 2 heteroatoms. The van der Waals surface area contributed by atoms with Crippen molar-refractivity contribution in [2.24, 2.45) is 5.92 Å². The maximum absolute atomic E-state index is 13.6. The van der Waals surface area contributed by atoms with E-state index in [-0.39, 0.29) is 11.7 Å². The van der Waals surface area contributed by atoms with Crippen molar-refractivity contribution >= 4 is 0 Å². The Morgan fingerprint density at radius 1 is 1.41 bits per heavy atom. The molecule has 1 aliphatic carbocycles. The first-order valence-electron chi connectivity index (χ1n) is 6.04. The van der Waals surface area contributed by atoms with Gasteiger partial charge in [-0.1, -0.05) is 31.7 Å². The number of likely N-dealkylation sites (N-methyl/N-ethyl adjacent to an activating group) is 1. The molecule has 0 fully saturated rings.